The third-order valence-corrected chi connectivity index (χ3v) is 2.45. The molecule has 0 aliphatic heterocycles. The topological polar surface area (TPSA) is 61.5 Å². The minimum atomic E-state index is -0.353. The van der Waals surface area contributed by atoms with Crippen LogP contribution in [0.4, 0.5) is 0 Å². The Morgan fingerprint density at radius 2 is 2.17 bits per heavy atom. The summed E-state index contributed by atoms with van der Waals surface area (Å²) in [4.78, 5) is 11.4. The van der Waals surface area contributed by atoms with Crippen molar-refractivity contribution in [3.05, 3.63) is 29.8 Å². The highest BCUT2D eigenvalue weighted by molar-refractivity contribution is 5.70. The van der Waals surface area contributed by atoms with Crippen LogP contribution >= 0.6 is 0 Å². The zero-order valence-corrected chi connectivity index (χ0v) is 11.0. The zero-order valence-electron chi connectivity index (χ0n) is 11.0. The van der Waals surface area contributed by atoms with Gasteiger partial charge in [-0.1, -0.05) is 19.1 Å². The molecule has 1 rings (SSSR count). The summed E-state index contributed by atoms with van der Waals surface area (Å²) in [6, 6.07) is 7.18. The van der Waals surface area contributed by atoms with Gasteiger partial charge in [0.05, 0.1) is 19.6 Å². The van der Waals surface area contributed by atoms with Gasteiger partial charge in [-0.3, -0.25) is 4.79 Å². The highest BCUT2D eigenvalue weighted by atomic mass is 16.5. The molecule has 0 aliphatic carbocycles. The van der Waals surface area contributed by atoms with Gasteiger partial charge < -0.3 is 15.2 Å². The van der Waals surface area contributed by atoms with E-state index in [0.29, 0.717) is 13.2 Å². The van der Waals surface area contributed by atoms with Gasteiger partial charge >= 0.3 is 5.97 Å². The second-order valence-electron chi connectivity index (χ2n) is 4.04. The first-order valence-corrected chi connectivity index (χ1v) is 6.31. The van der Waals surface area contributed by atoms with Gasteiger partial charge in [0.15, 0.2) is 0 Å². The van der Waals surface area contributed by atoms with Crippen molar-refractivity contribution in [2.75, 3.05) is 13.2 Å². The zero-order chi connectivity index (χ0) is 13.4. The number of hydrogen-bond donors (Lipinski definition) is 1. The Morgan fingerprint density at radius 3 is 2.83 bits per heavy atom. The molecule has 0 fully saturated rings. The molecule has 0 aromatic heterocycles. The van der Waals surface area contributed by atoms with Crippen molar-refractivity contribution in [1.29, 1.82) is 0 Å². The lowest BCUT2D eigenvalue weighted by molar-refractivity contribution is -0.143. The molecule has 0 radical (unpaired) electrons. The maximum absolute atomic E-state index is 11.4. The Morgan fingerprint density at radius 1 is 1.39 bits per heavy atom. The van der Waals surface area contributed by atoms with Crippen molar-refractivity contribution < 1.29 is 14.3 Å². The highest BCUT2D eigenvalue weighted by Gasteiger charge is 2.12. The van der Waals surface area contributed by atoms with Gasteiger partial charge in [0, 0.05) is 6.04 Å². The molecule has 1 atom stereocenters. The smallest absolute Gasteiger partial charge is 0.307 e. The Bertz CT molecular complexity index is 379. The first-order valence-electron chi connectivity index (χ1n) is 6.31. The fourth-order valence-corrected chi connectivity index (χ4v) is 1.57. The van der Waals surface area contributed by atoms with E-state index in [1.807, 2.05) is 24.3 Å². The molecule has 100 valence electrons. The predicted molar refractivity (Wildman–Crippen MR) is 70.4 cm³/mol. The van der Waals surface area contributed by atoms with Crippen molar-refractivity contribution in [2.45, 2.75) is 32.7 Å². The van der Waals surface area contributed by atoms with E-state index in [0.717, 1.165) is 17.7 Å². The third-order valence-electron chi connectivity index (χ3n) is 2.45. The Balaban J connectivity index is 2.61. The van der Waals surface area contributed by atoms with E-state index in [1.165, 1.54) is 0 Å². The molecule has 4 nitrogen and oxygen atoms in total. The van der Waals surface area contributed by atoms with E-state index < -0.39 is 0 Å². The van der Waals surface area contributed by atoms with Crippen LogP contribution in [0.1, 0.15) is 38.3 Å². The second kappa shape index (κ2) is 7.71. The summed E-state index contributed by atoms with van der Waals surface area (Å²) in [5, 5.41) is 0. The van der Waals surface area contributed by atoms with Gasteiger partial charge in [-0.2, -0.15) is 0 Å². The minimum Gasteiger partial charge on any atom is -0.494 e. The predicted octanol–water partition coefficient (Wildman–Crippen LogP) is 2.43. The van der Waals surface area contributed by atoms with Crippen LogP contribution in [0.2, 0.25) is 0 Å². The number of hydrogen-bond acceptors (Lipinski definition) is 4. The van der Waals surface area contributed by atoms with Gasteiger partial charge in [0.1, 0.15) is 5.75 Å². The molecule has 0 saturated carbocycles. The highest BCUT2D eigenvalue weighted by Crippen LogP contribution is 2.20. The maximum Gasteiger partial charge on any atom is 0.307 e. The van der Waals surface area contributed by atoms with Gasteiger partial charge in [0.2, 0.25) is 0 Å². The lowest BCUT2D eigenvalue weighted by Crippen LogP contribution is -2.17. The number of benzene rings is 1. The Kier molecular flexibility index (Phi) is 6.22. The van der Waals surface area contributed by atoms with Crippen LogP contribution in [-0.2, 0) is 9.53 Å². The summed E-state index contributed by atoms with van der Waals surface area (Å²) in [5.74, 6) is 0.513. The quantitative estimate of drug-likeness (QED) is 0.756. The molecule has 0 bridgehead atoms. The van der Waals surface area contributed by atoms with E-state index in [2.05, 4.69) is 6.92 Å². The van der Waals surface area contributed by atoms with Crippen LogP contribution in [0.5, 0.6) is 5.75 Å². The summed E-state index contributed by atoms with van der Waals surface area (Å²) in [6.45, 7) is 4.89. The Labute approximate surface area is 108 Å². The summed E-state index contributed by atoms with van der Waals surface area (Å²) < 4.78 is 10.4. The first-order chi connectivity index (χ1) is 8.67. The Hall–Kier alpha value is -1.55. The van der Waals surface area contributed by atoms with Gasteiger partial charge in [-0.15, -0.1) is 0 Å². The lowest BCUT2D eigenvalue weighted by Gasteiger charge is -2.13. The first kappa shape index (κ1) is 14.5. The minimum absolute atomic E-state index is 0.186. The number of carbonyl (C=O) groups is 1. The van der Waals surface area contributed by atoms with Crippen LogP contribution in [0.25, 0.3) is 0 Å². The third kappa shape index (κ3) is 4.75. The van der Waals surface area contributed by atoms with Crippen LogP contribution in [0.3, 0.4) is 0 Å². The largest absolute Gasteiger partial charge is 0.494 e. The summed E-state index contributed by atoms with van der Waals surface area (Å²) in [5.41, 5.74) is 6.85. The lowest BCUT2D eigenvalue weighted by atomic mass is 10.0. The molecule has 0 spiro atoms. The molecule has 1 aromatic carbocycles. The van der Waals surface area contributed by atoms with E-state index in [-0.39, 0.29) is 18.4 Å². The van der Waals surface area contributed by atoms with E-state index in [9.17, 15) is 4.79 Å². The number of rotatable bonds is 7. The van der Waals surface area contributed by atoms with Gasteiger partial charge in [0.25, 0.3) is 0 Å². The fourth-order valence-electron chi connectivity index (χ4n) is 1.57. The van der Waals surface area contributed by atoms with E-state index >= 15 is 0 Å². The summed E-state index contributed by atoms with van der Waals surface area (Å²) in [6.07, 6.45) is 1.14. The monoisotopic (exact) mass is 251 g/mol. The second-order valence-corrected chi connectivity index (χ2v) is 4.04. The van der Waals surface area contributed by atoms with Crippen LogP contribution in [-0.4, -0.2) is 19.2 Å². The summed E-state index contributed by atoms with van der Waals surface area (Å²) in [7, 11) is 0. The molecule has 0 aliphatic rings. The molecule has 0 unspecified atom stereocenters. The van der Waals surface area contributed by atoms with Crippen molar-refractivity contribution in [3.63, 3.8) is 0 Å². The van der Waals surface area contributed by atoms with Crippen LogP contribution in [0, 0.1) is 0 Å². The molecule has 2 N–H and O–H groups in total. The number of carbonyl (C=O) groups excluding carboxylic acids is 1. The average Bonchev–Trinajstić information content (AvgIpc) is 2.37. The molecular formula is C14H21NO3. The van der Waals surface area contributed by atoms with Crippen molar-refractivity contribution in [1.82, 2.24) is 0 Å². The molecule has 1 aromatic rings. The molecule has 0 saturated heterocycles. The van der Waals surface area contributed by atoms with Gasteiger partial charge in [-0.25, -0.2) is 0 Å². The molecule has 18 heavy (non-hydrogen) atoms. The van der Waals surface area contributed by atoms with Crippen molar-refractivity contribution in [3.8, 4) is 5.75 Å². The normalized spacial score (nSPS) is 11.9. The maximum atomic E-state index is 11.4. The molecule has 4 heteroatoms. The number of ether oxygens (including phenoxy) is 2. The van der Waals surface area contributed by atoms with E-state index in [4.69, 9.17) is 15.2 Å². The van der Waals surface area contributed by atoms with Crippen LogP contribution < -0.4 is 10.5 Å². The number of esters is 1. The molecular weight excluding hydrogens is 230 g/mol. The van der Waals surface area contributed by atoms with Crippen molar-refractivity contribution in [2.24, 2.45) is 5.73 Å². The SMILES string of the molecule is CCCOc1cccc([C@H](N)CC(=O)OCC)c1. The summed E-state index contributed by atoms with van der Waals surface area (Å²) >= 11 is 0. The average molecular weight is 251 g/mol. The molecule has 0 heterocycles. The number of nitrogens with two attached hydrogens (primary N) is 1. The van der Waals surface area contributed by atoms with Crippen LogP contribution in [0.15, 0.2) is 24.3 Å². The van der Waals surface area contributed by atoms with Gasteiger partial charge in [-0.05, 0) is 31.0 Å². The standard InChI is InChI=1S/C14H21NO3/c1-3-8-18-12-7-5-6-11(9-12)13(15)10-14(16)17-4-2/h5-7,9,13H,3-4,8,10,15H2,1-2H3/t13-/m1/s1. The fraction of sp³-hybridized carbons (Fsp3) is 0.500. The van der Waals surface area contributed by atoms with Crippen molar-refractivity contribution >= 4 is 5.97 Å². The molecule has 0 amide bonds. The van der Waals surface area contributed by atoms with E-state index in [1.54, 1.807) is 6.92 Å².